The Labute approximate surface area is 155 Å². The maximum Gasteiger partial charge on any atom is 0.161 e. The summed E-state index contributed by atoms with van der Waals surface area (Å²) in [6.07, 6.45) is 1.00. The smallest absolute Gasteiger partial charge is 0.161 e. The molecule has 0 radical (unpaired) electrons. The fourth-order valence-electron chi connectivity index (χ4n) is 3.57. The molecule has 2 aromatic carbocycles. The van der Waals surface area contributed by atoms with Crippen molar-refractivity contribution in [2.75, 3.05) is 34.0 Å². The lowest BCUT2D eigenvalue weighted by Gasteiger charge is -2.27. The van der Waals surface area contributed by atoms with Gasteiger partial charge in [-0.25, -0.2) is 0 Å². The molecule has 5 heteroatoms. The molecule has 1 aliphatic rings. The first-order valence-corrected chi connectivity index (χ1v) is 9.19. The highest BCUT2D eigenvalue weighted by Gasteiger charge is 2.30. The van der Waals surface area contributed by atoms with E-state index in [0.717, 1.165) is 41.5 Å². The van der Waals surface area contributed by atoms with Gasteiger partial charge in [0.1, 0.15) is 17.5 Å². The van der Waals surface area contributed by atoms with Crippen molar-refractivity contribution in [3.63, 3.8) is 0 Å². The third kappa shape index (κ3) is 3.58. The molecule has 1 atom stereocenters. The number of methoxy groups -OCH3 is 2. The van der Waals surface area contributed by atoms with E-state index in [4.69, 9.17) is 18.9 Å². The zero-order valence-electron chi connectivity index (χ0n) is 16.0. The summed E-state index contributed by atoms with van der Waals surface area (Å²) in [5.74, 6) is 3.32. The van der Waals surface area contributed by atoms with E-state index in [0.29, 0.717) is 13.2 Å². The van der Waals surface area contributed by atoms with Gasteiger partial charge in [0.15, 0.2) is 11.5 Å². The van der Waals surface area contributed by atoms with E-state index in [-0.39, 0.29) is 6.04 Å². The molecular weight excluding hydrogens is 330 g/mol. The number of hydrogen-bond acceptors (Lipinski definition) is 4. The quantitative estimate of drug-likeness (QED) is 0.827. The predicted molar refractivity (Wildman–Crippen MR) is 101 cm³/mol. The number of fused-ring (bicyclic) bond motifs is 1. The molecule has 2 N–H and O–H groups in total. The maximum absolute atomic E-state index is 5.85. The number of hydrogen-bond donors (Lipinski definition) is 1. The Kier molecular flexibility index (Phi) is 5.89. The second-order valence-electron chi connectivity index (χ2n) is 6.22. The molecule has 140 valence electrons. The minimum Gasteiger partial charge on any atom is -0.497 e. The van der Waals surface area contributed by atoms with Crippen LogP contribution in [0, 0.1) is 0 Å². The third-order valence-corrected chi connectivity index (χ3v) is 4.73. The van der Waals surface area contributed by atoms with Gasteiger partial charge in [-0.15, -0.1) is 0 Å². The number of quaternary nitrogens is 1. The summed E-state index contributed by atoms with van der Waals surface area (Å²) < 4.78 is 22.7. The van der Waals surface area contributed by atoms with Crippen LogP contribution < -0.4 is 24.3 Å². The van der Waals surface area contributed by atoms with Crippen LogP contribution in [0.1, 0.15) is 36.6 Å². The molecule has 0 amide bonds. The molecule has 0 spiro atoms. The van der Waals surface area contributed by atoms with Crippen LogP contribution in [0.3, 0.4) is 0 Å². The highest BCUT2D eigenvalue weighted by atomic mass is 16.5. The highest BCUT2D eigenvalue weighted by molar-refractivity contribution is 5.53. The average Bonchev–Trinajstić information content (AvgIpc) is 2.68. The molecule has 1 unspecified atom stereocenters. The largest absolute Gasteiger partial charge is 0.497 e. The van der Waals surface area contributed by atoms with Crippen LogP contribution in [0.15, 0.2) is 30.3 Å². The molecular formula is C21H28NO4+. The summed E-state index contributed by atoms with van der Waals surface area (Å²) in [7, 11) is 3.39. The molecule has 1 heterocycles. The standard InChI is InChI=1S/C21H27NO4/c1-5-25-19-11-14-9-10-22-21(16(14)13-20(19)26-6-2)17-12-15(23-3)7-8-18(17)24-4/h7-8,11-13,21-22H,5-6,9-10H2,1-4H3/p+1. The summed E-state index contributed by atoms with van der Waals surface area (Å²) in [6, 6.07) is 10.4. The lowest BCUT2D eigenvalue weighted by molar-refractivity contribution is -0.690. The van der Waals surface area contributed by atoms with Gasteiger partial charge in [-0.2, -0.15) is 0 Å². The zero-order valence-corrected chi connectivity index (χ0v) is 16.0. The van der Waals surface area contributed by atoms with Gasteiger partial charge >= 0.3 is 0 Å². The fourth-order valence-corrected chi connectivity index (χ4v) is 3.57. The van der Waals surface area contributed by atoms with Crippen LogP contribution >= 0.6 is 0 Å². The van der Waals surface area contributed by atoms with Gasteiger partial charge in [0.05, 0.1) is 39.5 Å². The first-order chi connectivity index (χ1) is 12.7. The van der Waals surface area contributed by atoms with E-state index in [2.05, 4.69) is 23.5 Å². The van der Waals surface area contributed by atoms with Crippen molar-refractivity contribution >= 4 is 0 Å². The molecule has 2 aromatic rings. The minimum absolute atomic E-state index is 0.138. The highest BCUT2D eigenvalue weighted by Crippen LogP contribution is 2.39. The first kappa shape index (κ1) is 18.4. The van der Waals surface area contributed by atoms with Gasteiger partial charge in [0.25, 0.3) is 0 Å². The SMILES string of the molecule is CCOc1cc2c(cc1OCC)C(c1cc(OC)ccc1OC)[NH2+]CC2. The van der Waals surface area contributed by atoms with E-state index in [1.807, 2.05) is 26.0 Å². The topological polar surface area (TPSA) is 53.5 Å². The lowest BCUT2D eigenvalue weighted by atomic mass is 9.88. The normalized spacial score (nSPS) is 15.9. The summed E-state index contributed by atoms with van der Waals surface area (Å²) in [6.45, 7) is 6.22. The van der Waals surface area contributed by atoms with Crippen LogP contribution in [0.2, 0.25) is 0 Å². The number of ether oxygens (including phenoxy) is 4. The van der Waals surface area contributed by atoms with Crippen molar-refractivity contribution in [3.05, 3.63) is 47.0 Å². The van der Waals surface area contributed by atoms with Crippen LogP contribution in [-0.4, -0.2) is 34.0 Å². The Morgan fingerprint density at radius 2 is 1.62 bits per heavy atom. The summed E-state index contributed by atoms with van der Waals surface area (Å²) in [5, 5.41) is 2.34. The van der Waals surface area contributed by atoms with Crippen molar-refractivity contribution in [2.45, 2.75) is 26.3 Å². The fraction of sp³-hybridized carbons (Fsp3) is 0.429. The van der Waals surface area contributed by atoms with Crippen LogP contribution in [-0.2, 0) is 6.42 Å². The Morgan fingerprint density at radius 1 is 0.885 bits per heavy atom. The van der Waals surface area contributed by atoms with Crippen molar-refractivity contribution in [1.29, 1.82) is 0 Å². The number of rotatable bonds is 7. The van der Waals surface area contributed by atoms with Crippen molar-refractivity contribution < 1.29 is 24.3 Å². The first-order valence-electron chi connectivity index (χ1n) is 9.19. The predicted octanol–water partition coefficient (Wildman–Crippen LogP) is 2.71. The average molecular weight is 358 g/mol. The van der Waals surface area contributed by atoms with Crippen molar-refractivity contribution in [2.24, 2.45) is 0 Å². The summed E-state index contributed by atoms with van der Waals surface area (Å²) in [5.41, 5.74) is 3.66. The van der Waals surface area contributed by atoms with Crippen LogP contribution in [0.5, 0.6) is 23.0 Å². The zero-order chi connectivity index (χ0) is 18.5. The molecule has 1 aliphatic heterocycles. The number of benzene rings is 2. The molecule has 26 heavy (non-hydrogen) atoms. The lowest BCUT2D eigenvalue weighted by Crippen LogP contribution is -2.87. The monoisotopic (exact) mass is 358 g/mol. The van der Waals surface area contributed by atoms with E-state index >= 15 is 0 Å². The molecule has 0 aromatic heterocycles. The van der Waals surface area contributed by atoms with Crippen molar-refractivity contribution in [1.82, 2.24) is 0 Å². The molecule has 0 aliphatic carbocycles. The van der Waals surface area contributed by atoms with Crippen LogP contribution in [0.4, 0.5) is 0 Å². The minimum atomic E-state index is 0.138. The Balaban J connectivity index is 2.10. The van der Waals surface area contributed by atoms with Gasteiger partial charge in [-0.1, -0.05) is 0 Å². The van der Waals surface area contributed by atoms with Gasteiger partial charge in [-0.05, 0) is 49.7 Å². The molecule has 3 rings (SSSR count). The van der Waals surface area contributed by atoms with E-state index < -0.39 is 0 Å². The van der Waals surface area contributed by atoms with Gasteiger partial charge < -0.3 is 24.3 Å². The summed E-state index contributed by atoms with van der Waals surface area (Å²) in [4.78, 5) is 0. The second-order valence-corrected chi connectivity index (χ2v) is 6.22. The molecule has 0 fully saturated rings. The van der Waals surface area contributed by atoms with E-state index in [1.165, 1.54) is 11.1 Å². The summed E-state index contributed by atoms with van der Waals surface area (Å²) >= 11 is 0. The molecule has 0 saturated heterocycles. The van der Waals surface area contributed by atoms with Crippen molar-refractivity contribution in [3.8, 4) is 23.0 Å². The van der Waals surface area contributed by atoms with Gasteiger partial charge in [-0.3, -0.25) is 0 Å². The molecule has 0 saturated carbocycles. The Hall–Kier alpha value is -2.40. The third-order valence-electron chi connectivity index (χ3n) is 4.73. The number of nitrogens with two attached hydrogens (primary N) is 1. The molecule has 0 bridgehead atoms. The Bertz CT molecular complexity index is 760. The Morgan fingerprint density at radius 3 is 2.27 bits per heavy atom. The maximum atomic E-state index is 5.85. The van der Waals surface area contributed by atoms with E-state index in [1.54, 1.807) is 14.2 Å². The van der Waals surface area contributed by atoms with Gasteiger partial charge in [0.2, 0.25) is 0 Å². The second kappa shape index (κ2) is 8.32. The molecule has 5 nitrogen and oxygen atoms in total. The van der Waals surface area contributed by atoms with Crippen LogP contribution in [0.25, 0.3) is 0 Å². The van der Waals surface area contributed by atoms with Gasteiger partial charge in [0, 0.05) is 12.0 Å². The van der Waals surface area contributed by atoms with E-state index in [9.17, 15) is 0 Å².